The van der Waals surface area contributed by atoms with Crippen LogP contribution in [0.2, 0.25) is 0 Å². The van der Waals surface area contributed by atoms with Gasteiger partial charge in [0.25, 0.3) is 5.89 Å². The van der Waals surface area contributed by atoms with E-state index in [4.69, 9.17) is 14.0 Å². The molecule has 1 heterocycles. The first-order valence-corrected chi connectivity index (χ1v) is 9.20. The molecule has 0 atom stereocenters. The number of esters is 1. The van der Waals surface area contributed by atoms with E-state index in [1.807, 2.05) is 0 Å². The Kier molecular flexibility index (Phi) is 7.11. The lowest BCUT2D eigenvalue weighted by Crippen LogP contribution is -2.16. The molecule has 11 heteroatoms. The number of alkyl halides is 3. The number of ether oxygens (including phenoxy) is 3. The number of halogens is 4. The number of hydrogen-bond acceptors (Lipinski definition) is 7. The van der Waals surface area contributed by atoms with Crippen LogP contribution in [0.1, 0.15) is 17.0 Å². The Labute approximate surface area is 184 Å². The Morgan fingerprint density at radius 3 is 2.39 bits per heavy atom. The largest absolute Gasteiger partial charge is 0.573 e. The van der Waals surface area contributed by atoms with Crippen molar-refractivity contribution < 1.29 is 41.1 Å². The van der Waals surface area contributed by atoms with E-state index in [1.165, 1.54) is 32.6 Å². The average Bonchev–Trinajstić information content (AvgIpc) is 3.27. The summed E-state index contributed by atoms with van der Waals surface area (Å²) < 4.78 is 70.1. The molecule has 0 fully saturated rings. The second-order valence-corrected chi connectivity index (χ2v) is 6.33. The zero-order valence-corrected chi connectivity index (χ0v) is 17.2. The fourth-order valence-corrected chi connectivity index (χ4v) is 2.76. The molecule has 7 nitrogen and oxygen atoms in total. The Morgan fingerprint density at radius 1 is 1.06 bits per heavy atom. The standard InChI is InChI=1S/C22H16F4N2O5/c1-30-12-17(21(29)31-2)16-6-4-3-5-14(16)11-18(23)20-27-19(28-33-20)13-7-9-15(10-8-13)32-22(24,25)26/h3-12H,1-2H3. The number of aromatic nitrogens is 2. The van der Waals surface area contributed by atoms with Crippen molar-refractivity contribution in [2.75, 3.05) is 14.2 Å². The van der Waals surface area contributed by atoms with Gasteiger partial charge in [0.15, 0.2) is 5.83 Å². The monoisotopic (exact) mass is 464 g/mol. The minimum atomic E-state index is -4.82. The van der Waals surface area contributed by atoms with E-state index in [9.17, 15) is 22.4 Å². The lowest BCUT2D eigenvalue weighted by atomic mass is 10.00. The Hall–Kier alpha value is -4.15. The van der Waals surface area contributed by atoms with Crippen molar-refractivity contribution in [1.29, 1.82) is 0 Å². The number of nitrogens with zero attached hydrogens (tertiary/aromatic N) is 2. The Bertz CT molecular complexity index is 1180. The summed E-state index contributed by atoms with van der Waals surface area (Å²) in [6.45, 7) is 0. The number of carbonyl (C=O) groups excluding carboxylic acids is 1. The average molecular weight is 464 g/mol. The van der Waals surface area contributed by atoms with Crippen molar-refractivity contribution in [2.24, 2.45) is 0 Å². The molecule has 0 N–H and O–H groups in total. The molecular weight excluding hydrogens is 448 g/mol. The van der Waals surface area contributed by atoms with Crippen molar-refractivity contribution in [3.05, 3.63) is 71.8 Å². The Morgan fingerprint density at radius 2 is 1.76 bits per heavy atom. The lowest BCUT2D eigenvalue weighted by molar-refractivity contribution is -0.274. The van der Waals surface area contributed by atoms with E-state index in [1.54, 1.807) is 24.3 Å². The molecule has 3 rings (SSSR count). The van der Waals surface area contributed by atoms with Crippen molar-refractivity contribution >= 4 is 23.4 Å². The predicted octanol–water partition coefficient (Wildman–Crippen LogP) is 5.26. The summed E-state index contributed by atoms with van der Waals surface area (Å²) in [7, 11) is 2.55. The van der Waals surface area contributed by atoms with Crippen LogP contribution in [-0.4, -0.2) is 36.7 Å². The van der Waals surface area contributed by atoms with Crippen LogP contribution in [0.25, 0.3) is 28.9 Å². The molecule has 0 aliphatic carbocycles. The van der Waals surface area contributed by atoms with Crippen molar-refractivity contribution in [1.82, 2.24) is 10.1 Å². The Balaban J connectivity index is 1.88. The molecule has 0 amide bonds. The maximum Gasteiger partial charge on any atom is 0.573 e. The minimum absolute atomic E-state index is 0.0464. The summed E-state index contributed by atoms with van der Waals surface area (Å²) in [6.07, 6.45) is -2.57. The first-order valence-electron chi connectivity index (χ1n) is 9.20. The highest BCUT2D eigenvalue weighted by Gasteiger charge is 2.31. The molecule has 0 radical (unpaired) electrons. The third-order valence-electron chi connectivity index (χ3n) is 4.15. The highest BCUT2D eigenvalue weighted by Crippen LogP contribution is 2.28. The van der Waals surface area contributed by atoms with Gasteiger partial charge in [0.05, 0.1) is 20.5 Å². The van der Waals surface area contributed by atoms with Crippen LogP contribution in [0.3, 0.4) is 0 Å². The maximum absolute atomic E-state index is 14.9. The summed E-state index contributed by atoms with van der Waals surface area (Å²) in [4.78, 5) is 16.0. The zero-order chi connectivity index (χ0) is 24.0. The molecule has 2 aromatic carbocycles. The zero-order valence-electron chi connectivity index (χ0n) is 17.2. The summed E-state index contributed by atoms with van der Waals surface area (Å²) in [6, 6.07) is 11.1. The number of benzene rings is 2. The van der Waals surface area contributed by atoms with Crippen LogP contribution in [0.5, 0.6) is 5.75 Å². The SMILES string of the molecule is COC=C(C(=O)OC)c1ccccc1C=C(F)c1nc(-c2ccc(OC(F)(F)F)cc2)no1. The molecule has 0 saturated heterocycles. The normalized spacial score (nSPS) is 12.4. The molecule has 1 aromatic heterocycles. The van der Waals surface area contributed by atoms with E-state index in [0.29, 0.717) is 11.1 Å². The topological polar surface area (TPSA) is 83.7 Å². The van der Waals surface area contributed by atoms with Gasteiger partial charge >= 0.3 is 12.3 Å². The number of rotatable bonds is 7. The third kappa shape index (κ3) is 5.97. The first kappa shape index (κ1) is 23.5. The summed E-state index contributed by atoms with van der Waals surface area (Å²) in [5.41, 5.74) is 0.981. The fraction of sp³-hybridized carbons (Fsp3) is 0.136. The van der Waals surface area contributed by atoms with Crippen LogP contribution in [-0.2, 0) is 14.3 Å². The van der Waals surface area contributed by atoms with Crippen LogP contribution >= 0.6 is 0 Å². The van der Waals surface area contributed by atoms with E-state index < -0.39 is 29.8 Å². The number of methoxy groups -OCH3 is 2. The van der Waals surface area contributed by atoms with Gasteiger partial charge in [-0.3, -0.25) is 0 Å². The first-order chi connectivity index (χ1) is 15.7. The summed E-state index contributed by atoms with van der Waals surface area (Å²) >= 11 is 0. The van der Waals surface area contributed by atoms with Crippen molar-refractivity contribution in [2.45, 2.75) is 6.36 Å². The van der Waals surface area contributed by atoms with Crippen LogP contribution in [0, 0.1) is 0 Å². The summed E-state index contributed by atoms with van der Waals surface area (Å²) in [5.74, 6) is -2.53. The van der Waals surface area contributed by atoms with Crippen molar-refractivity contribution in [3.8, 4) is 17.1 Å². The third-order valence-corrected chi connectivity index (χ3v) is 4.15. The second kappa shape index (κ2) is 9.98. The van der Waals surface area contributed by atoms with Gasteiger partial charge in [0, 0.05) is 5.56 Å². The smallest absolute Gasteiger partial charge is 0.503 e. The lowest BCUT2D eigenvalue weighted by Gasteiger charge is -2.09. The van der Waals surface area contributed by atoms with E-state index in [0.717, 1.165) is 18.2 Å². The quantitative estimate of drug-likeness (QED) is 0.204. The van der Waals surface area contributed by atoms with Gasteiger partial charge in [0.2, 0.25) is 5.82 Å². The number of hydrogen-bond donors (Lipinski definition) is 0. The van der Waals surface area contributed by atoms with Gasteiger partial charge in [-0.2, -0.15) is 4.98 Å². The van der Waals surface area contributed by atoms with Gasteiger partial charge in [-0.15, -0.1) is 13.2 Å². The van der Waals surface area contributed by atoms with E-state index in [2.05, 4.69) is 14.9 Å². The van der Waals surface area contributed by atoms with Gasteiger partial charge in [-0.05, 0) is 41.5 Å². The minimum Gasteiger partial charge on any atom is -0.503 e. The van der Waals surface area contributed by atoms with Crippen LogP contribution in [0.15, 0.2) is 59.3 Å². The highest BCUT2D eigenvalue weighted by molar-refractivity contribution is 6.17. The van der Waals surface area contributed by atoms with Crippen molar-refractivity contribution in [3.63, 3.8) is 0 Å². The molecular formula is C22H16F4N2O5. The fourth-order valence-electron chi connectivity index (χ4n) is 2.76. The van der Waals surface area contributed by atoms with Gasteiger partial charge < -0.3 is 18.7 Å². The van der Waals surface area contributed by atoms with Gasteiger partial charge in [-0.1, -0.05) is 29.4 Å². The summed E-state index contributed by atoms with van der Waals surface area (Å²) in [5, 5.41) is 3.65. The highest BCUT2D eigenvalue weighted by atomic mass is 19.4. The molecule has 172 valence electrons. The van der Waals surface area contributed by atoms with E-state index >= 15 is 0 Å². The molecule has 33 heavy (non-hydrogen) atoms. The molecule has 0 spiro atoms. The molecule has 0 saturated carbocycles. The van der Waals surface area contributed by atoms with E-state index in [-0.39, 0.29) is 17.0 Å². The second-order valence-electron chi connectivity index (χ2n) is 6.33. The van der Waals surface area contributed by atoms with Crippen LogP contribution in [0.4, 0.5) is 17.6 Å². The molecule has 0 unspecified atom stereocenters. The molecule has 3 aromatic rings. The predicted molar refractivity (Wildman–Crippen MR) is 109 cm³/mol. The van der Waals surface area contributed by atoms with Crippen LogP contribution < -0.4 is 4.74 Å². The molecule has 0 aliphatic heterocycles. The number of carbonyl (C=O) groups is 1. The molecule has 0 bridgehead atoms. The van der Waals surface area contributed by atoms with Gasteiger partial charge in [0.1, 0.15) is 11.3 Å². The molecule has 0 aliphatic rings. The van der Waals surface area contributed by atoms with Gasteiger partial charge in [-0.25, -0.2) is 9.18 Å². The maximum atomic E-state index is 14.9.